The zero-order valence-corrected chi connectivity index (χ0v) is 22.0. The molecule has 0 N–H and O–H groups in total. The van der Waals surface area contributed by atoms with Crippen LogP contribution in [0.4, 0.5) is 17.1 Å². The van der Waals surface area contributed by atoms with Crippen LogP contribution in [0.25, 0.3) is 0 Å². The van der Waals surface area contributed by atoms with Crippen molar-refractivity contribution in [3.63, 3.8) is 0 Å². The van der Waals surface area contributed by atoms with Gasteiger partial charge < -0.3 is 4.90 Å². The first-order valence-electron chi connectivity index (χ1n) is 12.8. The van der Waals surface area contributed by atoms with Gasteiger partial charge in [0.25, 0.3) is 0 Å². The van der Waals surface area contributed by atoms with E-state index in [2.05, 4.69) is 132 Å². The maximum atomic E-state index is 3.48. The Hall–Kier alpha value is -3.72. The second kappa shape index (κ2) is 13.4. The molecule has 0 aliphatic rings. The Labute approximate surface area is 220 Å². The molecular weight excluding hydrogens is 454 g/mol. The number of nitrogens with zero attached hydrogens (tertiary/aromatic N) is 1. The molecule has 1 atom stereocenters. The minimum Gasteiger partial charge on any atom is -0.311 e. The van der Waals surface area contributed by atoms with Gasteiger partial charge in [-0.2, -0.15) is 0 Å². The van der Waals surface area contributed by atoms with Crippen LogP contribution in [-0.4, -0.2) is 0 Å². The van der Waals surface area contributed by atoms with Gasteiger partial charge in [0.2, 0.25) is 0 Å². The highest BCUT2D eigenvalue weighted by Gasteiger charge is 2.11. The molecule has 0 aliphatic heterocycles. The van der Waals surface area contributed by atoms with Gasteiger partial charge in [-0.05, 0) is 97.6 Å². The lowest BCUT2D eigenvalue weighted by atomic mass is 9.93. The second-order valence-electron chi connectivity index (χ2n) is 8.95. The molecule has 0 aliphatic carbocycles. The molecule has 180 valence electrons. The summed E-state index contributed by atoms with van der Waals surface area (Å²) in [5, 5.41) is 2.25. The topological polar surface area (TPSA) is 3.24 Å². The maximum absolute atomic E-state index is 3.48. The summed E-state index contributed by atoms with van der Waals surface area (Å²) in [5.74, 6) is 13.7. The highest BCUT2D eigenvalue weighted by atomic mass is 32.1. The number of aryl methyl sites for hydroxylation is 1. The van der Waals surface area contributed by atoms with Crippen LogP contribution in [0.15, 0.2) is 96.4 Å². The van der Waals surface area contributed by atoms with E-state index in [-0.39, 0.29) is 0 Å². The smallest absolute Gasteiger partial charge is 0.0771 e. The van der Waals surface area contributed by atoms with E-state index < -0.39 is 0 Å². The third-order valence-corrected chi connectivity index (χ3v) is 7.11. The number of rotatable bonds is 9. The third-order valence-electron chi connectivity index (χ3n) is 6.22. The number of para-hydroxylation sites is 2. The molecule has 4 aromatic rings. The van der Waals surface area contributed by atoms with Gasteiger partial charge in [-0.15, -0.1) is 17.3 Å². The number of hydrogen-bond donors (Lipinski definition) is 0. The molecule has 1 nitrogen and oxygen atoms in total. The zero-order chi connectivity index (χ0) is 25.0. The Morgan fingerprint density at radius 3 is 2.03 bits per heavy atom. The molecule has 36 heavy (non-hydrogen) atoms. The SMILES string of the molecule is CC#Cc1cc(CCC(CC#Cc2ccc(N(c3ccccc3)c3ccccc3)cc2)CCC)cs1. The number of thiophene rings is 1. The average Bonchev–Trinajstić information content (AvgIpc) is 3.37. The lowest BCUT2D eigenvalue weighted by Crippen LogP contribution is -2.09. The Kier molecular flexibility index (Phi) is 9.44. The minimum absolute atomic E-state index is 0.633. The summed E-state index contributed by atoms with van der Waals surface area (Å²) in [6, 6.07) is 31.8. The molecular formula is C34H33NS. The summed E-state index contributed by atoms with van der Waals surface area (Å²) in [6.07, 6.45) is 5.66. The van der Waals surface area contributed by atoms with Crippen LogP contribution >= 0.6 is 11.3 Å². The van der Waals surface area contributed by atoms with E-state index in [0.717, 1.165) is 35.5 Å². The van der Waals surface area contributed by atoms with Crippen molar-refractivity contribution in [2.45, 2.75) is 46.0 Å². The van der Waals surface area contributed by atoms with E-state index in [1.54, 1.807) is 11.3 Å². The molecule has 0 amide bonds. The van der Waals surface area contributed by atoms with Gasteiger partial charge in [0.05, 0.1) is 4.88 Å². The standard InChI is InChI=1S/C34H33NS/c1-3-12-28(20-21-30-26-34(13-4-2)36-27-30)14-11-15-29-22-24-33(25-23-29)35(31-16-7-5-8-17-31)32-18-9-6-10-19-32/h5-10,16-19,22-28H,3,12,14,20-21H2,1-2H3. The van der Waals surface area contributed by atoms with Crippen LogP contribution in [-0.2, 0) is 6.42 Å². The fourth-order valence-corrected chi connectivity index (χ4v) is 5.26. The molecule has 0 saturated carbocycles. The second-order valence-corrected chi connectivity index (χ2v) is 9.86. The van der Waals surface area contributed by atoms with E-state index in [0.29, 0.717) is 5.92 Å². The summed E-state index contributed by atoms with van der Waals surface area (Å²) in [7, 11) is 0. The van der Waals surface area contributed by atoms with Crippen molar-refractivity contribution in [1.82, 2.24) is 0 Å². The van der Waals surface area contributed by atoms with Crippen molar-refractivity contribution < 1.29 is 0 Å². The molecule has 1 aromatic heterocycles. The van der Waals surface area contributed by atoms with Crippen molar-refractivity contribution in [3.05, 3.63) is 112 Å². The quantitative estimate of drug-likeness (QED) is 0.213. The van der Waals surface area contributed by atoms with Crippen LogP contribution in [0.5, 0.6) is 0 Å². The molecule has 1 unspecified atom stereocenters. The van der Waals surface area contributed by atoms with Crippen molar-refractivity contribution in [2.24, 2.45) is 5.92 Å². The maximum Gasteiger partial charge on any atom is 0.0771 e. The van der Waals surface area contributed by atoms with Crippen molar-refractivity contribution in [3.8, 4) is 23.7 Å². The van der Waals surface area contributed by atoms with E-state index in [1.807, 2.05) is 6.92 Å². The fraction of sp³-hybridized carbons (Fsp3) is 0.235. The summed E-state index contributed by atoms with van der Waals surface area (Å²) >= 11 is 1.75. The fourth-order valence-electron chi connectivity index (χ4n) is 4.42. The molecule has 3 aromatic carbocycles. The van der Waals surface area contributed by atoms with Gasteiger partial charge in [0.15, 0.2) is 0 Å². The first-order valence-corrected chi connectivity index (χ1v) is 13.6. The summed E-state index contributed by atoms with van der Waals surface area (Å²) < 4.78 is 0. The molecule has 0 spiro atoms. The van der Waals surface area contributed by atoms with Gasteiger partial charge in [0.1, 0.15) is 0 Å². The van der Waals surface area contributed by atoms with Gasteiger partial charge in [0, 0.05) is 29.0 Å². The lowest BCUT2D eigenvalue weighted by molar-refractivity contribution is 0.456. The van der Waals surface area contributed by atoms with Gasteiger partial charge >= 0.3 is 0 Å². The van der Waals surface area contributed by atoms with Crippen molar-refractivity contribution in [2.75, 3.05) is 4.90 Å². The van der Waals surface area contributed by atoms with E-state index in [9.17, 15) is 0 Å². The molecule has 2 heteroatoms. The summed E-state index contributed by atoms with van der Waals surface area (Å²) in [5.41, 5.74) is 5.89. The van der Waals surface area contributed by atoms with E-state index in [4.69, 9.17) is 0 Å². The average molecular weight is 488 g/mol. The Bertz CT molecular complexity index is 1290. The summed E-state index contributed by atoms with van der Waals surface area (Å²) in [6.45, 7) is 4.16. The van der Waals surface area contributed by atoms with Crippen LogP contribution in [0.1, 0.15) is 55.5 Å². The van der Waals surface area contributed by atoms with Crippen LogP contribution < -0.4 is 4.90 Å². The Morgan fingerprint density at radius 1 is 0.778 bits per heavy atom. The van der Waals surface area contributed by atoms with E-state index >= 15 is 0 Å². The molecule has 4 rings (SSSR count). The Morgan fingerprint density at radius 2 is 1.42 bits per heavy atom. The number of hydrogen-bond acceptors (Lipinski definition) is 2. The molecule has 0 saturated heterocycles. The monoisotopic (exact) mass is 487 g/mol. The summed E-state index contributed by atoms with van der Waals surface area (Å²) in [4.78, 5) is 3.44. The zero-order valence-electron chi connectivity index (χ0n) is 21.2. The predicted molar refractivity (Wildman–Crippen MR) is 156 cm³/mol. The first kappa shape index (κ1) is 25.4. The lowest BCUT2D eigenvalue weighted by Gasteiger charge is -2.25. The van der Waals surface area contributed by atoms with Gasteiger partial charge in [-0.1, -0.05) is 67.5 Å². The van der Waals surface area contributed by atoms with Crippen LogP contribution in [0, 0.1) is 29.6 Å². The Balaban J connectivity index is 1.42. The van der Waals surface area contributed by atoms with Crippen molar-refractivity contribution >= 4 is 28.4 Å². The number of anilines is 3. The first-order chi connectivity index (χ1) is 17.8. The largest absolute Gasteiger partial charge is 0.311 e. The molecule has 0 fully saturated rings. The molecule has 0 bridgehead atoms. The van der Waals surface area contributed by atoms with Crippen molar-refractivity contribution in [1.29, 1.82) is 0 Å². The molecule has 1 heterocycles. The number of benzene rings is 3. The third kappa shape index (κ3) is 7.14. The molecule has 0 radical (unpaired) electrons. The minimum atomic E-state index is 0.633. The van der Waals surface area contributed by atoms with Crippen LogP contribution in [0.2, 0.25) is 0 Å². The van der Waals surface area contributed by atoms with Gasteiger partial charge in [-0.25, -0.2) is 0 Å². The van der Waals surface area contributed by atoms with E-state index in [1.165, 1.54) is 29.7 Å². The highest BCUT2D eigenvalue weighted by molar-refractivity contribution is 7.10. The van der Waals surface area contributed by atoms with Gasteiger partial charge in [-0.3, -0.25) is 0 Å². The highest BCUT2D eigenvalue weighted by Crippen LogP contribution is 2.34. The normalized spacial score (nSPS) is 11.1. The van der Waals surface area contributed by atoms with Crippen LogP contribution in [0.3, 0.4) is 0 Å². The predicted octanol–water partition coefficient (Wildman–Crippen LogP) is 9.38.